The number of hydrogen-bond acceptors (Lipinski definition) is 5. The van der Waals surface area contributed by atoms with Crippen LogP contribution < -0.4 is 19.5 Å². The Labute approximate surface area is 143 Å². The molecule has 5 heteroatoms. The van der Waals surface area contributed by atoms with Gasteiger partial charge in [-0.15, -0.1) is 0 Å². The lowest BCUT2D eigenvalue weighted by molar-refractivity contribution is 0.110. The molecule has 0 radical (unpaired) electrons. The van der Waals surface area contributed by atoms with E-state index in [1.54, 1.807) is 7.11 Å². The number of benzene rings is 2. The van der Waals surface area contributed by atoms with E-state index in [1.165, 1.54) is 0 Å². The van der Waals surface area contributed by atoms with Crippen molar-refractivity contribution in [3.8, 4) is 17.2 Å². The first-order valence-corrected chi connectivity index (χ1v) is 8.13. The molecule has 0 heterocycles. The van der Waals surface area contributed by atoms with Gasteiger partial charge >= 0.3 is 0 Å². The molecular weight excluding hydrogens is 306 g/mol. The Hall–Kier alpha value is -2.40. The van der Waals surface area contributed by atoms with Crippen LogP contribution in [0, 0.1) is 0 Å². The van der Waals surface area contributed by atoms with E-state index in [2.05, 4.69) is 5.32 Å². The zero-order valence-corrected chi connectivity index (χ0v) is 14.3. The highest BCUT2D eigenvalue weighted by Gasteiger charge is 1.97. The molecule has 24 heavy (non-hydrogen) atoms. The van der Waals surface area contributed by atoms with Crippen LogP contribution in [0.3, 0.4) is 0 Å². The van der Waals surface area contributed by atoms with E-state index in [1.807, 2.05) is 55.5 Å². The molecule has 0 aliphatic carbocycles. The van der Waals surface area contributed by atoms with Crippen molar-refractivity contribution in [2.75, 3.05) is 45.4 Å². The molecule has 130 valence electrons. The summed E-state index contributed by atoms with van der Waals surface area (Å²) in [6.45, 7) is 5.16. The average Bonchev–Trinajstić information content (AvgIpc) is 2.64. The Balaban J connectivity index is 1.64. The summed E-state index contributed by atoms with van der Waals surface area (Å²) in [6, 6.07) is 15.4. The first kappa shape index (κ1) is 17.9. The van der Waals surface area contributed by atoms with Crippen LogP contribution >= 0.6 is 0 Å². The normalized spacial score (nSPS) is 10.2. The zero-order chi connectivity index (χ0) is 17.0. The molecule has 0 amide bonds. The van der Waals surface area contributed by atoms with Crippen LogP contribution in [-0.2, 0) is 4.74 Å². The van der Waals surface area contributed by atoms with Crippen LogP contribution in [0.15, 0.2) is 48.5 Å². The second-order valence-electron chi connectivity index (χ2n) is 5.02. The molecule has 0 atom stereocenters. The summed E-state index contributed by atoms with van der Waals surface area (Å²) in [7, 11) is 1.65. The molecule has 1 N–H and O–H groups in total. The quantitative estimate of drug-likeness (QED) is 0.638. The lowest BCUT2D eigenvalue weighted by Crippen LogP contribution is -2.11. The first-order valence-electron chi connectivity index (χ1n) is 8.13. The summed E-state index contributed by atoms with van der Waals surface area (Å²) in [6.07, 6.45) is 0. The van der Waals surface area contributed by atoms with Crippen LogP contribution in [0.1, 0.15) is 6.92 Å². The molecule has 5 nitrogen and oxygen atoms in total. The summed E-state index contributed by atoms with van der Waals surface area (Å²) < 4.78 is 21.6. The molecule has 0 aliphatic heterocycles. The van der Waals surface area contributed by atoms with E-state index < -0.39 is 0 Å². The van der Waals surface area contributed by atoms with E-state index >= 15 is 0 Å². The number of rotatable bonds is 11. The van der Waals surface area contributed by atoms with Gasteiger partial charge in [0.25, 0.3) is 0 Å². The predicted octanol–water partition coefficient (Wildman–Crippen LogP) is 3.60. The number of methoxy groups -OCH3 is 1. The second kappa shape index (κ2) is 10.4. The van der Waals surface area contributed by atoms with Crippen LogP contribution in [-0.4, -0.2) is 40.1 Å². The van der Waals surface area contributed by atoms with Gasteiger partial charge < -0.3 is 24.3 Å². The highest BCUT2D eigenvalue weighted by Crippen LogP contribution is 2.17. The third-order valence-electron chi connectivity index (χ3n) is 3.31. The Kier molecular flexibility index (Phi) is 7.77. The molecule has 0 spiro atoms. The lowest BCUT2D eigenvalue weighted by atomic mass is 10.3. The Morgan fingerprint density at radius 2 is 1.33 bits per heavy atom. The number of ether oxygens (including phenoxy) is 4. The number of hydrogen-bond donors (Lipinski definition) is 1. The van der Waals surface area contributed by atoms with Crippen molar-refractivity contribution in [1.29, 1.82) is 0 Å². The van der Waals surface area contributed by atoms with Crippen molar-refractivity contribution in [1.82, 2.24) is 0 Å². The summed E-state index contributed by atoms with van der Waals surface area (Å²) in [5, 5.41) is 3.31. The molecular formula is C19H25NO4. The zero-order valence-electron chi connectivity index (χ0n) is 14.3. The predicted molar refractivity (Wildman–Crippen MR) is 95.4 cm³/mol. The molecule has 0 fully saturated rings. The van der Waals surface area contributed by atoms with Crippen molar-refractivity contribution in [3.05, 3.63) is 48.5 Å². The lowest BCUT2D eigenvalue weighted by Gasteiger charge is -2.10. The summed E-state index contributed by atoms with van der Waals surface area (Å²) in [4.78, 5) is 0. The minimum Gasteiger partial charge on any atom is -0.497 e. The van der Waals surface area contributed by atoms with Gasteiger partial charge in [0.1, 0.15) is 30.5 Å². The largest absolute Gasteiger partial charge is 0.497 e. The van der Waals surface area contributed by atoms with Gasteiger partial charge in [-0.2, -0.15) is 0 Å². The molecule has 0 bridgehead atoms. The van der Waals surface area contributed by atoms with E-state index in [0.717, 1.165) is 29.5 Å². The summed E-state index contributed by atoms with van der Waals surface area (Å²) >= 11 is 0. The van der Waals surface area contributed by atoms with Gasteiger partial charge in [-0.3, -0.25) is 0 Å². The van der Waals surface area contributed by atoms with Gasteiger partial charge in [0.15, 0.2) is 0 Å². The second-order valence-corrected chi connectivity index (χ2v) is 5.02. The van der Waals surface area contributed by atoms with Gasteiger partial charge in [0, 0.05) is 18.8 Å². The number of anilines is 1. The minimum absolute atomic E-state index is 0.566. The molecule has 0 saturated carbocycles. The van der Waals surface area contributed by atoms with Crippen LogP contribution in [0.25, 0.3) is 0 Å². The fourth-order valence-electron chi connectivity index (χ4n) is 2.07. The Bertz CT molecular complexity index is 569. The highest BCUT2D eigenvalue weighted by molar-refractivity contribution is 5.46. The van der Waals surface area contributed by atoms with Gasteiger partial charge in [-0.25, -0.2) is 0 Å². The smallest absolute Gasteiger partial charge is 0.119 e. The third-order valence-corrected chi connectivity index (χ3v) is 3.31. The molecule has 2 aromatic carbocycles. The van der Waals surface area contributed by atoms with Crippen molar-refractivity contribution in [2.24, 2.45) is 0 Å². The van der Waals surface area contributed by atoms with Crippen molar-refractivity contribution in [3.63, 3.8) is 0 Å². The van der Waals surface area contributed by atoms with Gasteiger partial charge in [-0.1, -0.05) is 0 Å². The maximum absolute atomic E-state index is 5.67. The van der Waals surface area contributed by atoms with Gasteiger partial charge in [0.2, 0.25) is 0 Å². The molecule has 0 aliphatic rings. The average molecular weight is 331 g/mol. The third kappa shape index (κ3) is 6.38. The Morgan fingerprint density at radius 1 is 0.750 bits per heavy atom. The van der Waals surface area contributed by atoms with E-state index in [9.17, 15) is 0 Å². The molecule has 0 unspecified atom stereocenters. The monoisotopic (exact) mass is 331 g/mol. The van der Waals surface area contributed by atoms with Crippen molar-refractivity contribution >= 4 is 5.69 Å². The van der Waals surface area contributed by atoms with E-state index in [4.69, 9.17) is 18.9 Å². The SMILES string of the molecule is CCOCCOc1ccc(NCCOc2ccc(OC)cc2)cc1. The highest BCUT2D eigenvalue weighted by atomic mass is 16.5. The fourth-order valence-corrected chi connectivity index (χ4v) is 2.07. The summed E-state index contributed by atoms with van der Waals surface area (Å²) in [5.41, 5.74) is 1.03. The maximum Gasteiger partial charge on any atom is 0.119 e. The maximum atomic E-state index is 5.67. The number of nitrogens with one attached hydrogen (secondary N) is 1. The van der Waals surface area contributed by atoms with Crippen LogP contribution in [0.5, 0.6) is 17.2 Å². The molecule has 0 aromatic heterocycles. The minimum atomic E-state index is 0.566. The topological polar surface area (TPSA) is 49.0 Å². The van der Waals surface area contributed by atoms with Gasteiger partial charge in [-0.05, 0) is 55.5 Å². The standard InChI is InChI=1S/C19H25NO4/c1-3-22-14-15-24-18-6-4-16(5-7-18)20-12-13-23-19-10-8-17(21-2)9-11-19/h4-11,20H,3,12-15H2,1-2H3. The molecule has 0 saturated heterocycles. The van der Waals surface area contributed by atoms with Crippen LogP contribution in [0.2, 0.25) is 0 Å². The van der Waals surface area contributed by atoms with E-state index in [-0.39, 0.29) is 0 Å². The van der Waals surface area contributed by atoms with Gasteiger partial charge in [0.05, 0.1) is 13.7 Å². The molecule has 2 aromatic rings. The Morgan fingerprint density at radius 3 is 1.96 bits per heavy atom. The first-order chi connectivity index (χ1) is 11.8. The van der Waals surface area contributed by atoms with Crippen molar-refractivity contribution < 1.29 is 18.9 Å². The van der Waals surface area contributed by atoms with Crippen LogP contribution in [0.4, 0.5) is 5.69 Å². The van der Waals surface area contributed by atoms with Crippen molar-refractivity contribution in [2.45, 2.75) is 6.92 Å². The summed E-state index contributed by atoms with van der Waals surface area (Å²) in [5.74, 6) is 2.49. The fraction of sp³-hybridized carbons (Fsp3) is 0.368. The van der Waals surface area contributed by atoms with E-state index in [0.29, 0.717) is 26.4 Å². The molecule has 2 rings (SSSR count).